The van der Waals surface area contributed by atoms with Crippen molar-refractivity contribution in [2.45, 2.75) is 6.42 Å². The summed E-state index contributed by atoms with van der Waals surface area (Å²) in [5.74, 6) is -0.291. The van der Waals surface area contributed by atoms with Crippen LogP contribution in [0, 0.1) is 0 Å². The standard InChI is InChI=1S/C17H18O3/c1-19-12-7-13-20-17(18)16-11-6-5-10-15(16)14-8-3-2-4-9-14/h2-6,8-11H,7,12-13H2,1H3. The summed E-state index contributed by atoms with van der Waals surface area (Å²) < 4.78 is 10.2. The van der Waals surface area contributed by atoms with Gasteiger partial charge in [0.2, 0.25) is 0 Å². The number of esters is 1. The lowest BCUT2D eigenvalue weighted by Gasteiger charge is -2.09. The highest BCUT2D eigenvalue weighted by Crippen LogP contribution is 2.23. The Labute approximate surface area is 119 Å². The molecule has 0 aliphatic carbocycles. The molecule has 2 aromatic carbocycles. The summed E-state index contributed by atoms with van der Waals surface area (Å²) in [4.78, 5) is 12.1. The molecule has 2 aromatic rings. The summed E-state index contributed by atoms with van der Waals surface area (Å²) in [7, 11) is 1.63. The molecule has 20 heavy (non-hydrogen) atoms. The maximum Gasteiger partial charge on any atom is 0.338 e. The molecule has 0 N–H and O–H groups in total. The Hall–Kier alpha value is -2.13. The van der Waals surface area contributed by atoms with E-state index in [-0.39, 0.29) is 5.97 Å². The molecular weight excluding hydrogens is 252 g/mol. The second-order valence-electron chi connectivity index (χ2n) is 4.39. The van der Waals surface area contributed by atoms with Crippen molar-refractivity contribution in [3.8, 4) is 11.1 Å². The van der Waals surface area contributed by atoms with Gasteiger partial charge in [0.05, 0.1) is 12.2 Å². The largest absolute Gasteiger partial charge is 0.462 e. The molecule has 0 heterocycles. The molecule has 2 rings (SSSR count). The SMILES string of the molecule is COCCCOC(=O)c1ccccc1-c1ccccc1. The summed E-state index contributed by atoms with van der Waals surface area (Å²) in [6, 6.07) is 17.3. The fourth-order valence-corrected chi connectivity index (χ4v) is 1.98. The highest BCUT2D eigenvalue weighted by atomic mass is 16.5. The van der Waals surface area contributed by atoms with Crippen molar-refractivity contribution in [1.29, 1.82) is 0 Å². The lowest BCUT2D eigenvalue weighted by molar-refractivity contribution is 0.0469. The van der Waals surface area contributed by atoms with Crippen LogP contribution in [0.2, 0.25) is 0 Å². The molecule has 0 aliphatic rings. The van der Waals surface area contributed by atoms with Crippen molar-refractivity contribution in [3.63, 3.8) is 0 Å². The normalized spacial score (nSPS) is 10.2. The molecule has 0 unspecified atom stereocenters. The summed E-state index contributed by atoms with van der Waals surface area (Å²) in [6.45, 7) is 0.962. The van der Waals surface area contributed by atoms with Crippen LogP contribution in [0.5, 0.6) is 0 Å². The van der Waals surface area contributed by atoms with E-state index < -0.39 is 0 Å². The van der Waals surface area contributed by atoms with Crippen molar-refractivity contribution < 1.29 is 14.3 Å². The van der Waals surface area contributed by atoms with E-state index in [0.29, 0.717) is 25.2 Å². The van der Waals surface area contributed by atoms with Gasteiger partial charge in [-0.25, -0.2) is 4.79 Å². The van der Waals surface area contributed by atoms with Gasteiger partial charge >= 0.3 is 5.97 Å². The minimum atomic E-state index is -0.291. The van der Waals surface area contributed by atoms with Crippen LogP contribution in [-0.4, -0.2) is 26.3 Å². The molecule has 0 radical (unpaired) electrons. The van der Waals surface area contributed by atoms with Gasteiger partial charge in [0.1, 0.15) is 0 Å². The first-order valence-corrected chi connectivity index (χ1v) is 6.63. The molecule has 104 valence electrons. The maximum absolute atomic E-state index is 12.1. The minimum absolute atomic E-state index is 0.291. The number of benzene rings is 2. The van der Waals surface area contributed by atoms with Crippen LogP contribution in [0.15, 0.2) is 54.6 Å². The number of carbonyl (C=O) groups is 1. The van der Waals surface area contributed by atoms with Crippen LogP contribution in [0.4, 0.5) is 0 Å². The Morgan fingerprint density at radius 1 is 0.950 bits per heavy atom. The summed E-state index contributed by atoms with van der Waals surface area (Å²) in [6.07, 6.45) is 0.704. The van der Waals surface area contributed by atoms with Gasteiger partial charge in [0.25, 0.3) is 0 Å². The van der Waals surface area contributed by atoms with E-state index in [1.165, 1.54) is 0 Å². The number of ether oxygens (including phenoxy) is 2. The Morgan fingerprint density at radius 3 is 2.40 bits per heavy atom. The van der Waals surface area contributed by atoms with Gasteiger partial charge in [0, 0.05) is 20.1 Å². The van der Waals surface area contributed by atoms with E-state index >= 15 is 0 Å². The lowest BCUT2D eigenvalue weighted by atomic mass is 10.00. The molecule has 0 aliphatic heterocycles. The molecule has 0 saturated carbocycles. The number of rotatable bonds is 6. The first kappa shape index (κ1) is 14.3. The zero-order chi connectivity index (χ0) is 14.2. The first-order chi connectivity index (χ1) is 9.83. The average molecular weight is 270 g/mol. The van der Waals surface area contributed by atoms with Crippen molar-refractivity contribution >= 4 is 5.97 Å². The molecule has 0 aromatic heterocycles. The third-order valence-corrected chi connectivity index (χ3v) is 2.96. The lowest BCUT2D eigenvalue weighted by Crippen LogP contribution is -2.09. The fourth-order valence-electron chi connectivity index (χ4n) is 1.98. The zero-order valence-electron chi connectivity index (χ0n) is 11.5. The van der Waals surface area contributed by atoms with Crippen LogP contribution >= 0.6 is 0 Å². The molecule has 0 amide bonds. The highest BCUT2D eigenvalue weighted by molar-refractivity contribution is 5.97. The van der Waals surface area contributed by atoms with E-state index in [1.807, 2.05) is 48.5 Å². The van der Waals surface area contributed by atoms with Gasteiger partial charge in [-0.2, -0.15) is 0 Å². The van der Waals surface area contributed by atoms with Crippen molar-refractivity contribution in [1.82, 2.24) is 0 Å². The molecule has 0 atom stereocenters. The van der Waals surface area contributed by atoms with Gasteiger partial charge < -0.3 is 9.47 Å². The van der Waals surface area contributed by atoms with Crippen LogP contribution in [-0.2, 0) is 9.47 Å². The van der Waals surface area contributed by atoms with Gasteiger partial charge in [-0.3, -0.25) is 0 Å². The first-order valence-electron chi connectivity index (χ1n) is 6.63. The van der Waals surface area contributed by atoms with Gasteiger partial charge in [-0.1, -0.05) is 48.5 Å². The number of methoxy groups -OCH3 is 1. The Balaban J connectivity index is 2.14. The summed E-state index contributed by atoms with van der Waals surface area (Å²) in [5.41, 5.74) is 2.50. The van der Waals surface area contributed by atoms with E-state index in [0.717, 1.165) is 11.1 Å². The molecule has 0 bridgehead atoms. The van der Waals surface area contributed by atoms with E-state index in [1.54, 1.807) is 13.2 Å². The second-order valence-corrected chi connectivity index (χ2v) is 4.39. The molecule has 0 fully saturated rings. The minimum Gasteiger partial charge on any atom is -0.462 e. The molecule has 0 spiro atoms. The van der Waals surface area contributed by atoms with E-state index in [4.69, 9.17) is 9.47 Å². The predicted molar refractivity (Wildman–Crippen MR) is 78.7 cm³/mol. The Bertz CT molecular complexity index is 549. The average Bonchev–Trinajstić information content (AvgIpc) is 2.52. The van der Waals surface area contributed by atoms with E-state index in [2.05, 4.69) is 0 Å². The fraction of sp³-hybridized carbons (Fsp3) is 0.235. The van der Waals surface area contributed by atoms with Gasteiger partial charge in [0.15, 0.2) is 0 Å². The van der Waals surface area contributed by atoms with Gasteiger partial charge in [-0.05, 0) is 17.2 Å². The Kier molecular flexibility index (Phi) is 5.33. The smallest absolute Gasteiger partial charge is 0.338 e. The number of hydrogen-bond acceptors (Lipinski definition) is 3. The van der Waals surface area contributed by atoms with Crippen molar-refractivity contribution in [2.24, 2.45) is 0 Å². The third-order valence-electron chi connectivity index (χ3n) is 2.96. The molecule has 3 heteroatoms. The van der Waals surface area contributed by atoms with Crippen LogP contribution in [0.25, 0.3) is 11.1 Å². The maximum atomic E-state index is 12.1. The molecule has 0 saturated heterocycles. The van der Waals surface area contributed by atoms with E-state index in [9.17, 15) is 4.79 Å². The Morgan fingerprint density at radius 2 is 1.65 bits per heavy atom. The summed E-state index contributed by atoms with van der Waals surface area (Å²) in [5, 5.41) is 0. The molecule has 3 nitrogen and oxygen atoms in total. The second kappa shape index (κ2) is 7.46. The monoisotopic (exact) mass is 270 g/mol. The van der Waals surface area contributed by atoms with Crippen LogP contribution < -0.4 is 0 Å². The molecular formula is C17H18O3. The van der Waals surface area contributed by atoms with Crippen LogP contribution in [0.1, 0.15) is 16.8 Å². The highest BCUT2D eigenvalue weighted by Gasteiger charge is 2.13. The van der Waals surface area contributed by atoms with Crippen molar-refractivity contribution in [2.75, 3.05) is 20.3 Å². The third kappa shape index (κ3) is 3.68. The topological polar surface area (TPSA) is 35.5 Å². The predicted octanol–water partition coefficient (Wildman–Crippen LogP) is 3.55. The van der Waals surface area contributed by atoms with Crippen LogP contribution in [0.3, 0.4) is 0 Å². The van der Waals surface area contributed by atoms with Gasteiger partial charge in [-0.15, -0.1) is 0 Å². The number of carbonyl (C=O) groups excluding carboxylic acids is 1. The zero-order valence-corrected chi connectivity index (χ0v) is 11.5. The number of hydrogen-bond donors (Lipinski definition) is 0. The summed E-state index contributed by atoms with van der Waals surface area (Å²) >= 11 is 0. The van der Waals surface area contributed by atoms with Crippen molar-refractivity contribution in [3.05, 3.63) is 60.2 Å². The quantitative estimate of drug-likeness (QED) is 0.595.